The van der Waals surface area contributed by atoms with Crippen LogP contribution in [0.25, 0.3) is 0 Å². The van der Waals surface area contributed by atoms with Crippen LogP contribution in [-0.2, 0) is 6.54 Å². The lowest BCUT2D eigenvalue weighted by atomic mass is 10.1. The standard InChI is InChI=1S/C15H24FN3/c1-3-4-18-5-7-19(8-6-18)15-10-13(12-17-2)9-14(16)11-15/h9-11,17H,3-8,12H2,1-2H3. The van der Waals surface area contributed by atoms with Crippen LogP contribution in [0.15, 0.2) is 18.2 Å². The Morgan fingerprint density at radius 2 is 1.89 bits per heavy atom. The molecule has 4 heteroatoms. The van der Waals surface area contributed by atoms with Gasteiger partial charge in [-0.1, -0.05) is 6.92 Å². The Bertz CT molecular complexity index is 400. The molecule has 3 nitrogen and oxygen atoms in total. The first-order valence-electron chi connectivity index (χ1n) is 7.14. The van der Waals surface area contributed by atoms with Gasteiger partial charge in [0.25, 0.3) is 0 Å². The molecule has 0 aliphatic carbocycles. The van der Waals surface area contributed by atoms with Gasteiger partial charge in [-0.15, -0.1) is 0 Å². The molecule has 0 spiro atoms. The van der Waals surface area contributed by atoms with Crippen LogP contribution in [0.1, 0.15) is 18.9 Å². The number of nitrogens with zero attached hydrogens (tertiary/aromatic N) is 2. The maximum absolute atomic E-state index is 13.6. The average molecular weight is 265 g/mol. The molecular formula is C15H24FN3. The van der Waals surface area contributed by atoms with Crippen LogP contribution in [0.4, 0.5) is 10.1 Å². The molecule has 2 rings (SSSR count). The van der Waals surface area contributed by atoms with E-state index in [9.17, 15) is 4.39 Å². The molecule has 0 radical (unpaired) electrons. The monoisotopic (exact) mass is 265 g/mol. The molecule has 1 aromatic carbocycles. The molecule has 0 amide bonds. The molecular weight excluding hydrogens is 241 g/mol. The second-order valence-electron chi connectivity index (χ2n) is 5.18. The van der Waals surface area contributed by atoms with Crippen molar-refractivity contribution in [2.24, 2.45) is 0 Å². The molecule has 0 saturated carbocycles. The number of rotatable bonds is 5. The lowest BCUT2D eigenvalue weighted by molar-refractivity contribution is 0.258. The Balaban J connectivity index is 2.02. The molecule has 0 atom stereocenters. The summed E-state index contributed by atoms with van der Waals surface area (Å²) in [6.45, 7) is 8.22. The summed E-state index contributed by atoms with van der Waals surface area (Å²) in [6.07, 6.45) is 1.20. The summed E-state index contributed by atoms with van der Waals surface area (Å²) in [6, 6.07) is 5.34. The molecule has 1 aromatic rings. The van der Waals surface area contributed by atoms with E-state index in [4.69, 9.17) is 0 Å². The van der Waals surface area contributed by atoms with E-state index in [-0.39, 0.29) is 5.82 Å². The van der Waals surface area contributed by atoms with Crippen molar-refractivity contribution < 1.29 is 4.39 Å². The summed E-state index contributed by atoms with van der Waals surface area (Å²) >= 11 is 0. The zero-order chi connectivity index (χ0) is 13.7. The van der Waals surface area contributed by atoms with E-state index in [0.717, 1.165) is 37.4 Å². The molecule has 1 saturated heterocycles. The minimum atomic E-state index is -0.140. The SMILES string of the molecule is CCCN1CCN(c2cc(F)cc(CNC)c2)CC1. The first-order chi connectivity index (χ1) is 9.22. The molecule has 19 heavy (non-hydrogen) atoms. The van der Waals surface area contributed by atoms with E-state index in [1.54, 1.807) is 12.1 Å². The highest BCUT2D eigenvalue weighted by molar-refractivity contribution is 5.49. The van der Waals surface area contributed by atoms with Gasteiger partial charge in [0.1, 0.15) is 5.82 Å². The molecule has 1 aliphatic heterocycles. The van der Waals surface area contributed by atoms with Gasteiger partial charge in [-0.05, 0) is 43.8 Å². The molecule has 0 aromatic heterocycles. The van der Waals surface area contributed by atoms with Crippen LogP contribution in [0.5, 0.6) is 0 Å². The average Bonchev–Trinajstić information content (AvgIpc) is 2.40. The van der Waals surface area contributed by atoms with Crippen molar-refractivity contribution in [1.82, 2.24) is 10.2 Å². The predicted molar refractivity (Wildman–Crippen MR) is 78.1 cm³/mol. The highest BCUT2D eigenvalue weighted by atomic mass is 19.1. The lowest BCUT2D eigenvalue weighted by Gasteiger charge is -2.36. The topological polar surface area (TPSA) is 18.5 Å². The van der Waals surface area contributed by atoms with Crippen LogP contribution in [-0.4, -0.2) is 44.7 Å². The minimum absolute atomic E-state index is 0.140. The fraction of sp³-hybridized carbons (Fsp3) is 0.600. The molecule has 1 fully saturated rings. The van der Waals surface area contributed by atoms with Crippen LogP contribution in [0.3, 0.4) is 0 Å². The van der Waals surface area contributed by atoms with Crippen LogP contribution < -0.4 is 10.2 Å². The maximum Gasteiger partial charge on any atom is 0.125 e. The normalized spacial score (nSPS) is 16.9. The summed E-state index contributed by atoms with van der Waals surface area (Å²) in [5.74, 6) is -0.140. The molecule has 0 unspecified atom stereocenters. The Kier molecular flexibility index (Phi) is 5.16. The van der Waals surface area contributed by atoms with Crippen molar-refractivity contribution in [1.29, 1.82) is 0 Å². The molecule has 0 bridgehead atoms. The summed E-state index contributed by atoms with van der Waals surface area (Å²) in [7, 11) is 1.88. The molecule has 1 heterocycles. The third-order valence-corrected chi connectivity index (χ3v) is 3.60. The number of hydrogen-bond acceptors (Lipinski definition) is 3. The minimum Gasteiger partial charge on any atom is -0.369 e. The number of hydrogen-bond donors (Lipinski definition) is 1. The van der Waals surface area contributed by atoms with Crippen molar-refractivity contribution in [3.8, 4) is 0 Å². The molecule has 1 N–H and O–H groups in total. The number of piperazine rings is 1. The summed E-state index contributed by atoms with van der Waals surface area (Å²) in [5, 5.41) is 3.07. The third kappa shape index (κ3) is 3.91. The van der Waals surface area contributed by atoms with E-state index < -0.39 is 0 Å². The second-order valence-corrected chi connectivity index (χ2v) is 5.18. The number of nitrogens with one attached hydrogen (secondary N) is 1. The molecule has 1 aliphatic rings. The Hall–Kier alpha value is -1.13. The smallest absolute Gasteiger partial charge is 0.125 e. The first-order valence-corrected chi connectivity index (χ1v) is 7.14. The highest BCUT2D eigenvalue weighted by Gasteiger charge is 2.17. The van der Waals surface area contributed by atoms with Crippen molar-refractivity contribution in [3.05, 3.63) is 29.6 Å². The summed E-state index contributed by atoms with van der Waals surface area (Å²) in [5.41, 5.74) is 2.02. The van der Waals surface area contributed by atoms with Crippen LogP contribution >= 0.6 is 0 Å². The maximum atomic E-state index is 13.6. The fourth-order valence-electron chi connectivity index (χ4n) is 2.67. The van der Waals surface area contributed by atoms with Gasteiger partial charge in [0, 0.05) is 38.4 Å². The number of benzene rings is 1. The zero-order valence-electron chi connectivity index (χ0n) is 12.0. The zero-order valence-corrected chi connectivity index (χ0v) is 12.0. The second kappa shape index (κ2) is 6.87. The summed E-state index contributed by atoms with van der Waals surface area (Å²) < 4.78 is 13.6. The lowest BCUT2D eigenvalue weighted by Crippen LogP contribution is -2.46. The summed E-state index contributed by atoms with van der Waals surface area (Å²) in [4.78, 5) is 4.76. The Labute approximate surface area is 115 Å². The number of halogens is 1. The highest BCUT2D eigenvalue weighted by Crippen LogP contribution is 2.20. The van der Waals surface area contributed by atoms with Crippen molar-refractivity contribution in [2.45, 2.75) is 19.9 Å². The van der Waals surface area contributed by atoms with E-state index >= 15 is 0 Å². The Morgan fingerprint density at radius 1 is 1.16 bits per heavy atom. The number of anilines is 1. The largest absolute Gasteiger partial charge is 0.369 e. The van der Waals surface area contributed by atoms with E-state index in [0.29, 0.717) is 6.54 Å². The third-order valence-electron chi connectivity index (χ3n) is 3.60. The van der Waals surface area contributed by atoms with Crippen molar-refractivity contribution >= 4 is 5.69 Å². The van der Waals surface area contributed by atoms with Gasteiger partial charge in [-0.25, -0.2) is 4.39 Å². The van der Waals surface area contributed by atoms with Gasteiger partial charge < -0.3 is 10.2 Å². The van der Waals surface area contributed by atoms with Crippen molar-refractivity contribution in [3.63, 3.8) is 0 Å². The Morgan fingerprint density at radius 3 is 2.53 bits per heavy atom. The van der Waals surface area contributed by atoms with Crippen LogP contribution in [0, 0.1) is 5.82 Å². The van der Waals surface area contributed by atoms with Gasteiger partial charge in [0.2, 0.25) is 0 Å². The molecule has 106 valence electrons. The van der Waals surface area contributed by atoms with E-state index in [2.05, 4.69) is 28.1 Å². The van der Waals surface area contributed by atoms with Crippen LogP contribution in [0.2, 0.25) is 0 Å². The van der Waals surface area contributed by atoms with E-state index in [1.807, 2.05) is 7.05 Å². The quantitative estimate of drug-likeness (QED) is 0.879. The van der Waals surface area contributed by atoms with Gasteiger partial charge in [-0.2, -0.15) is 0 Å². The first kappa shape index (κ1) is 14.3. The fourth-order valence-corrected chi connectivity index (χ4v) is 2.67. The van der Waals surface area contributed by atoms with Gasteiger partial charge in [0.15, 0.2) is 0 Å². The van der Waals surface area contributed by atoms with Gasteiger partial charge in [0.05, 0.1) is 0 Å². The van der Waals surface area contributed by atoms with Gasteiger partial charge in [-0.3, -0.25) is 4.90 Å². The van der Waals surface area contributed by atoms with Crippen molar-refractivity contribution in [2.75, 3.05) is 44.7 Å². The van der Waals surface area contributed by atoms with Gasteiger partial charge >= 0.3 is 0 Å². The van der Waals surface area contributed by atoms with E-state index in [1.165, 1.54) is 13.0 Å². The predicted octanol–water partition coefficient (Wildman–Crippen LogP) is 2.08.